The quantitative estimate of drug-likeness (QED) is 0.355. The van der Waals surface area contributed by atoms with Crippen molar-refractivity contribution in [2.24, 2.45) is 0 Å². The van der Waals surface area contributed by atoms with Gasteiger partial charge in [0.25, 0.3) is 0 Å². The maximum Gasteiger partial charge on any atom is 2.00 e. The second-order valence-electron chi connectivity index (χ2n) is 0. The Labute approximate surface area is 45.2 Å². The van der Waals surface area contributed by atoms with Gasteiger partial charge in [-0.15, -0.1) is 0 Å². The van der Waals surface area contributed by atoms with Gasteiger partial charge in [-0.3, -0.25) is 0 Å². The van der Waals surface area contributed by atoms with Crippen LogP contribution in [0.15, 0.2) is 0 Å². The zero-order valence-electron chi connectivity index (χ0n) is 1.71. The minimum absolute atomic E-state index is 0. The minimum atomic E-state index is 0. The van der Waals surface area contributed by atoms with E-state index in [0.29, 0.717) is 0 Å². The molecule has 0 aromatic rings. The largest absolute Gasteiger partial charge is 2.00 e. The van der Waals surface area contributed by atoms with Crippen LogP contribution >= 0.6 is 0 Å². The zero-order valence-corrected chi connectivity index (χ0v) is 4.34. The van der Waals surface area contributed by atoms with E-state index in [0.717, 1.165) is 0 Å². The first-order valence-electron chi connectivity index (χ1n) is 0. The van der Waals surface area contributed by atoms with Gasteiger partial charge in [0.05, 0.1) is 0 Å². The maximum atomic E-state index is 0. The van der Waals surface area contributed by atoms with Crippen molar-refractivity contribution >= 4 is 0 Å². The van der Waals surface area contributed by atoms with Crippen molar-refractivity contribution in [2.75, 3.05) is 0 Å². The summed E-state index contributed by atoms with van der Waals surface area (Å²) in [4.78, 5) is 0. The summed E-state index contributed by atoms with van der Waals surface area (Å²) in [6, 6.07) is 0. The van der Waals surface area contributed by atoms with E-state index in [1.807, 2.05) is 0 Å². The van der Waals surface area contributed by atoms with Gasteiger partial charge in [0.1, 0.15) is 0 Å². The second kappa shape index (κ2) is 40.2. The number of halogens is 1. The molecule has 4 heteroatoms. The molecule has 2 nitrogen and oxygen atoms in total. The smallest absolute Gasteiger partial charge is 1.00 e. The third kappa shape index (κ3) is 12.9. The summed E-state index contributed by atoms with van der Waals surface area (Å²) in [6.07, 6.45) is 0. The van der Waals surface area contributed by atoms with Gasteiger partial charge in [-0.05, 0) is 0 Å². The van der Waals surface area contributed by atoms with E-state index >= 15 is 0 Å². The number of hydrogen-bond donors (Lipinski definition) is 0. The van der Waals surface area contributed by atoms with Crippen LogP contribution in [-0.2, 0) is 16.8 Å². The van der Waals surface area contributed by atoms with Crippen LogP contribution in [0.3, 0.4) is 0 Å². The van der Waals surface area contributed by atoms with Crippen LogP contribution in [-0.4, -0.2) is 11.0 Å². The normalized spacial score (nSPS) is 0. The molecule has 4 heavy (non-hydrogen) atoms. The number of rotatable bonds is 0. The molecule has 0 fully saturated rings. The van der Waals surface area contributed by atoms with Crippen molar-refractivity contribution in [2.45, 2.75) is 0 Å². The van der Waals surface area contributed by atoms with Crippen molar-refractivity contribution in [3.8, 4) is 0 Å². The molecule has 0 aliphatic rings. The summed E-state index contributed by atoms with van der Waals surface area (Å²) in [5.41, 5.74) is 0. The Morgan fingerprint density at radius 2 is 0.750 bits per heavy atom. The van der Waals surface area contributed by atoms with Crippen molar-refractivity contribution in [3.05, 3.63) is 0 Å². The second-order valence-corrected chi connectivity index (χ2v) is 0. The zero-order chi connectivity index (χ0) is 0. The van der Waals surface area contributed by atoms with Gasteiger partial charge in [0.15, 0.2) is 0 Å². The summed E-state index contributed by atoms with van der Waals surface area (Å²) < 4.78 is 0. The van der Waals surface area contributed by atoms with Crippen molar-refractivity contribution in [3.63, 3.8) is 0 Å². The van der Waals surface area contributed by atoms with Crippen LogP contribution in [0.1, 0.15) is 0 Å². The third-order valence-electron chi connectivity index (χ3n) is 0. The SMILES string of the molecule is O.O.[Br-].[Co+2]. The molecule has 0 aromatic heterocycles. The summed E-state index contributed by atoms with van der Waals surface area (Å²) in [5.74, 6) is 0. The maximum absolute atomic E-state index is 0. The Hall–Kier alpha value is 0.906. The van der Waals surface area contributed by atoms with E-state index in [1.165, 1.54) is 0 Å². The van der Waals surface area contributed by atoms with Crippen molar-refractivity contribution in [1.29, 1.82) is 0 Å². The molecule has 0 heterocycles. The van der Waals surface area contributed by atoms with Crippen LogP contribution in [0.2, 0.25) is 0 Å². The average molecular weight is 175 g/mol. The molecule has 0 aromatic carbocycles. The first-order chi connectivity index (χ1) is 0. The van der Waals surface area contributed by atoms with E-state index in [4.69, 9.17) is 0 Å². The first kappa shape index (κ1) is 91.1. The fraction of sp³-hybridized carbons (Fsp3) is 0. The van der Waals surface area contributed by atoms with Crippen LogP contribution in [0.25, 0.3) is 0 Å². The van der Waals surface area contributed by atoms with Gasteiger partial charge in [0, 0.05) is 0 Å². The molecule has 31 valence electrons. The third-order valence-corrected chi connectivity index (χ3v) is 0. The van der Waals surface area contributed by atoms with Crippen molar-refractivity contribution < 1.29 is 44.7 Å². The summed E-state index contributed by atoms with van der Waals surface area (Å²) in [7, 11) is 0. The summed E-state index contributed by atoms with van der Waals surface area (Å²) in [6.45, 7) is 0. The molecule has 0 saturated heterocycles. The molecule has 0 aliphatic carbocycles. The number of hydrogen-bond acceptors (Lipinski definition) is 0. The molecule has 1 radical (unpaired) electrons. The topological polar surface area (TPSA) is 63.0 Å². The Kier molecular flexibility index (Phi) is 915. The van der Waals surface area contributed by atoms with E-state index in [1.54, 1.807) is 0 Å². The Morgan fingerprint density at radius 3 is 0.750 bits per heavy atom. The first-order valence-corrected chi connectivity index (χ1v) is 0. The molecule has 0 unspecified atom stereocenters. The molecule has 0 rings (SSSR count). The fourth-order valence-corrected chi connectivity index (χ4v) is 0. The molecule has 0 atom stereocenters. The molecule has 0 bridgehead atoms. The van der Waals surface area contributed by atoms with Gasteiger partial charge >= 0.3 is 16.8 Å². The Bertz CT molecular complexity index is 6.00. The molecule has 0 saturated carbocycles. The molecule has 4 N–H and O–H groups in total. The summed E-state index contributed by atoms with van der Waals surface area (Å²) >= 11 is 0. The predicted molar refractivity (Wildman–Crippen MR) is 7.23 cm³/mol. The van der Waals surface area contributed by atoms with E-state index in [9.17, 15) is 0 Å². The van der Waals surface area contributed by atoms with Gasteiger partial charge in [-0.2, -0.15) is 0 Å². The predicted octanol–water partition coefficient (Wildman–Crippen LogP) is -4.65. The van der Waals surface area contributed by atoms with Crippen molar-refractivity contribution in [1.82, 2.24) is 0 Å². The van der Waals surface area contributed by atoms with Gasteiger partial charge < -0.3 is 27.9 Å². The fourth-order valence-electron chi connectivity index (χ4n) is 0. The van der Waals surface area contributed by atoms with E-state index in [2.05, 4.69) is 0 Å². The van der Waals surface area contributed by atoms with Gasteiger partial charge in [0.2, 0.25) is 0 Å². The van der Waals surface area contributed by atoms with E-state index < -0.39 is 0 Å². The van der Waals surface area contributed by atoms with Crippen LogP contribution in [0, 0.1) is 0 Å². The van der Waals surface area contributed by atoms with E-state index in [-0.39, 0.29) is 44.7 Å². The molecule has 0 aliphatic heterocycles. The van der Waals surface area contributed by atoms with Crippen LogP contribution in [0.5, 0.6) is 0 Å². The molecule has 0 amide bonds. The molecular weight excluding hydrogens is 171 g/mol. The standard InChI is InChI=1S/BrH.Co.2H2O/h1H;;2*1H2/q;+2;;/p-1. The van der Waals surface area contributed by atoms with Crippen LogP contribution in [0.4, 0.5) is 0 Å². The minimum Gasteiger partial charge on any atom is -1.00 e. The van der Waals surface area contributed by atoms with Gasteiger partial charge in [-0.1, -0.05) is 0 Å². The summed E-state index contributed by atoms with van der Waals surface area (Å²) in [5, 5.41) is 0. The molecular formula is H4BrCoO2+. The monoisotopic (exact) mass is 174 g/mol. The van der Waals surface area contributed by atoms with Crippen LogP contribution < -0.4 is 17.0 Å². The Morgan fingerprint density at radius 1 is 0.750 bits per heavy atom. The average Bonchev–Trinajstić information content (AvgIpc) is 0. The van der Waals surface area contributed by atoms with Gasteiger partial charge in [-0.25, -0.2) is 0 Å². The Balaban J connectivity index is 0. The molecule has 0 spiro atoms.